The Bertz CT molecular complexity index is 4070. The fourth-order valence-electron chi connectivity index (χ4n) is 12.1. The number of nitrogens with one attached hydrogen (secondary N) is 2. The summed E-state index contributed by atoms with van der Waals surface area (Å²) >= 11 is 7.37. The number of aryl methyl sites for hydroxylation is 1. The molecule has 5 amide bonds. The summed E-state index contributed by atoms with van der Waals surface area (Å²) in [5.41, 5.74) is 6.27. The van der Waals surface area contributed by atoms with E-state index in [1.807, 2.05) is 70.5 Å². The molecule has 2 saturated carbocycles. The molecule has 20 nitrogen and oxygen atoms in total. The molecule has 24 heteroatoms. The summed E-state index contributed by atoms with van der Waals surface area (Å²) in [7, 11) is 1.66. The number of oxazole rings is 2. The monoisotopic (exact) mass is 1310 g/mol. The Morgan fingerprint density at radius 2 is 1.17 bits per heavy atom. The molecule has 2 spiro atoms. The highest BCUT2D eigenvalue weighted by atomic mass is 79.9. The van der Waals surface area contributed by atoms with Crippen LogP contribution in [0.15, 0.2) is 163 Å². The standard InChI is InChI=1S/C34H32N6O5S.C27H27N5O3S.C3H3ClO.BrH/c1-3-30(41)39-14-13-34(20-39)16-24(17-34)40-26-10-9-23(38(2)33(43)44-19-22-7-5-4-6-8-22)15-25(26)36-32(40)37-31(42)29-12-11-28(46-29)27-18-35-21-45-27;1-3-17-5-6-20-19(11-17)29-26(30-25(34)23-8-7-22(36-23)21-14-28-16-35-21)32(20)18-12-27(13-18)9-10-31(15-27)24(33)4-2;1-2-3(4)5;/h3-12,15,18,21,24H,1,13-14,16-17,19-20H2,2H3,(H,36,37,42);4-8,11,14,16,18H,2-3,9-10,12-13,15H2,1H3,(H,29,30,34);2H,1H2;1H. The molecule has 9 aromatic rings. The number of aromatic nitrogens is 6. The maximum atomic E-state index is 13.5. The van der Waals surface area contributed by atoms with Crippen LogP contribution in [0.3, 0.4) is 0 Å². The highest BCUT2D eigenvalue weighted by Crippen LogP contribution is 2.57. The lowest BCUT2D eigenvalue weighted by Gasteiger charge is -2.46. The number of benzene rings is 3. The maximum absolute atomic E-state index is 13.5. The van der Waals surface area contributed by atoms with E-state index in [0.29, 0.717) is 57.5 Å². The third-order valence-corrected chi connectivity index (χ3v) is 18.9. The first-order valence-electron chi connectivity index (χ1n) is 28.3. The molecule has 0 unspecified atom stereocenters. The van der Waals surface area contributed by atoms with E-state index in [2.05, 4.69) is 74.6 Å². The second-order valence-electron chi connectivity index (χ2n) is 22.1. The van der Waals surface area contributed by atoms with Crippen molar-refractivity contribution in [3.63, 3.8) is 0 Å². The number of anilines is 3. The number of fused-ring (bicyclic) bond motifs is 2. The van der Waals surface area contributed by atoms with Gasteiger partial charge in [0.15, 0.2) is 24.3 Å². The molecule has 0 radical (unpaired) electrons. The zero-order valence-electron chi connectivity index (χ0n) is 48.3. The van der Waals surface area contributed by atoms with Crippen LogP contribution in [0.5, 0.6) is 0 Å². The SMILES string of the molecule is Br.C=CC(=O)Cl.C=CC(=O)N1CCC2(CC(n3c(NC(=O)c4ccc(-c5cnco5)s4)nc4cc(CC)ccc43)C2)C1.C=CC(=O)N1CCC2(CC(n3c(NC(=O)c4ccc(-c5cnco5)s4)nc4cc(N(C)C(=O)OCc5ccccc5)ccc43)C2)C1. The van der Waals surface area contributed by atoms with Gasteiger partial charge < -0.3 is 32.5 Å². The predicted octanol–water partition coefficient (Wildman–Crippen LogP) is 13.3. The van der Waals surface area contributed by atoms with Crippen LogP contribution in [0.1, 0.15) is 88.0 Å². The summed E-state index contributed by atoms with van der Waals surface area (Å²) < 4.78 is 20.5. The van der Waals surface area contributed by atoms with E-state index in [1.54, 1.807) is 31.6 Å². The zero-order chi connectivity index (χ0) is 61.0. The van der Waals surface area contributed by atoms with E-state index in [1.165, 1.54) is 58.1 Å². The molecule has 13 rings (SSSR count). The van der Waals surface area contributed by atoms with Crippen LogP contribution in [0, 0.1) is 10.8 Å². The van der Waals surface area contributed by atoms with Crippen LogP contribution in [-0.2, 0) is 32.1 Å². The van der Waals surface area contributed by atoms with Crippen molar-refractivity contribution in [3.8, 4) is 21.3 Å². The number of halogens is 2. The number of carbonyl (C=O) groups is 6. The Kier molecular flexibility index (Phi) is 18.9. The number of amides is 5. The smallest absolute Gasteiger partial charge is 0.414 e. The van der Waals surface area contributed by atoms with Crippen molar-refractivity contribution in [2.45, 2.75) is 70.6 Å². The van der Waals surface area contributed by atoms with E-state index in [-0.39, 0.29) is 70.1 Å². The molecule has 4 fully saturated rings. The molecule has 2 saturated heterocycles. The van der Waals surface area contributed by atoms with Gasteiger partial charge in [-0.25, -0.2) is 24.7 Å². The first-order valence-corrected chi connectivity index (χ1v) is 30.3. The van der Waals surface area contributed by atoms with Crippen molar-refractivity contribution in [3.05, 3.63) is 175 Å². The lowest BCUT2D eigenvalue weighted by molar-refractivity contribution is -0.126. The van der Waals surface area contributed by atoms with Gasteiger partial charge in [0.1, 0.15) is 6.61 Å². The number of likely N-dealkylation sites (tertiary alicyclic amines) is 2. The predicted molar refractivity (Wildman–Crippen MR) is 345 cm³/mol. The van der Waals surface area contributed by atoms with Crippen LogP contribution >= 0.6 is 51.3 Å². The van der Waals surface area contributed by atoms with Gasteiger partial charge in [-0.3, -0.25) is 39.5 Å². The van der Waals surface area contributed by atoms with E-state index in [9.17, 15) is 28.8 Å². The van der Waals surface area contributed by atoms with Crippen molar-refractivity contribution < 1.29 is 42.3 Å². The summed E-state index contributed by atoms with van der Waals surface area (Å²) in [6.07, 6.45) is 15.8. The van der Waals surface area contributed by atoms with Crippen LogP contribution in [0.25, 0.3) is 43.3 Å². The normalized spacial score (nSPS) is 18.9. The van der Waals surface area contributed by atoms with E-state index >= 15 is 0 Å². The van der Waals surface area contributed by atoms with Crippen LogP contribution in [0.2, 0.25) is 0 Å². The summed E-state index contributed by atoms with van der Waals surface area (Å²) in [5.74, 6) is 1.70. The van der Waals surface area contributed by atoms with Crippen LogP contribution < -0.4 is 15.5 Å². The van der Waals surface area contributed by atoms with Crippen molar-refractivity contribution in [1.29, 1.82) is 0 Å². The number of imidazole rings is 2. The Morgan fingerprint density at radius 1 is 0.682 bits per heavy atom. The van der Waals surface area contributed by atoms with Gasteiger partial charge >= 0.3 is 6.09 Å². The zero-order valence-corrected chi connectivity index (χ0v) is 52.4. The Labute approximate surface area is 530 Å². The van der Waals surface area contributed by atoms with E-state index in [4.69, 9.17) is 35.1 Å². The first kappa shape index (κ1) is 62.3. The van der Waals surface area contributed by atoms with Gasteiger partial charge in [0.25, 0.3) is 11.8 Å². The highest BCUT2D eigenvalue weighted by Gasteiger charge is 2.52. The molecule has 0 bridgehead atoms. The fraction of sp³-hybridized carbons (Fsp3) is 0.281. The van der Waals surface area contributed by atoms with Crippen LogP contribution in [0.4, 0.5) is 22.4 Å². The van der Waals surface area contributed by atoms with Crippen molar-refractivity contribution in [2.75, 3.05) is 48.8 Å². The molecule has 88 heavy (non-hydrogen) atoms. The van der Waals surface area contributed by atoms with Gasteiger partial charge in [-0.2, -0.15) is 0 Å². The lowest BCUT2D eigenvalue weighted by atomic mass is 9.64. The molecule has 8 heterocycles. The Morgan fingerprint density at radius 3 is 1.62 bits per heavy atom. The minimum atomic E-state index is -0.509. The number of ether oxygens (including phenoxy) is 1. The third kappa shape index (κ3) is 13.2. The number of carbonyl (C=O) groups excluding carboxylic acids is 6. The summed E-state index contributed by atoms with van der Waals surface area (Å²) in [5, 5.41) is 5.61. The third-order valence-electron chi connectivity index (χ3n) is 16.6. The quantitative estimate of drug-likeness (QED) is 0.0719. The lowest BCUT2D eigenvalue weighted by Crippen LogP contribution is -2.42. The summed E-state index contributed by atoms with van der Waals surface area (Å²) in [6.45, 7) is 15.6. The summed E-state index contributed by atoms with van der Waals surface area (Å²) in [6, 6.07) is 29.0. The van der Waals surface area contributed by atoms with E-state index in [0.717, 1.165) is 96.0 Å². The van der Waals surface area contributed by atoms with Gasteiger partial charge in [0, 0.05) is 51.0 Å². The number of hydrogen-bond donors (Lipinski definition) is 2. The molecule has 2 aliphatic heterocycles. The topological polar surface area (TPSA) is 233 Å². The van der Waals surface area contributed by atoms with Crippen molar-refractivity contribution in [2.24, 2.45) is 10.8 Å². The number of thiophene rings is 2. The number of allylic oxidation sites excluding steroid dienone is 1. The van der Waals surface area contributed by atoms with Crippen molar-refractivity contribution in [1.82, 2.24) is 38.9 Å². The van der Waals surface area contributed by atoms with Crippen LogP contribution in [-0.4, -0.2) is 107 Å². The van der Waals surface area contributed by atoms with E-state index < -0.39 is 11.3 Å². The highest BCUT2D eigenvalue weighted by molar-refractivity contribution is 8.93. The first-order chi connectivity index (χ1) is 42.1. The average Bonchev–Trinajstić information content (AvgIpc) is 1.77. The molecule has 0 atom stereocenters. The van der Waals surface area contributed by atoms with Crippen molar-refractivity contribution >= 4 is 126 Å². The van der Waals surface area contributed by atoms with Gasteiger partial charge in [-0.05, 0) is 151 Å². The van der Waals surface area contributed by atoms with Gasteiger partial charge in [-0.1, -0.05) is 63.1 Å². The summed E-state index contributed by atoms with van der Waals surface area (Å²) in [4.78, 5) is 99.0. The molecule has 454 valence electrons. The minimum absolute atomic E-state index is 0. The Hall–Kier alpha value is -8.77. The van der Waals surface area contributed by atoms with Gasteiger partial charge in [0.2, 0.25) is 29.0 Å². The molecular formula is C64H63BrClN11O9S2. The maximum Gasteiger partial charge on any atom is 0.414 e. The second kappa shape index (κ2) is 26.7. The number of nitrogens with zero attached hydrogens (tertiary/aromatic N) is 9. The fourth-order valence-corrected chi connectivity index (χ4v) is 13.8. The molecule has 4 aliphatic rings. The Balaban J connectivity index is 0.000000183. The average molecular weight is 1310 g/mol. The molecular weight excluding hydrogens is 1250 g/mol. The second-order valence-corrected chi connectivity index (χ2v) is 24.6. The molecule has 2 aliphatic carbocycles. The molecule has 3 aromatic carbocycles. The minimum Gasteiger partial charge on any atom is -0.444 e. The number of hydrogen-bond acceptors (Lipinski definition) is 15. The number of rotatable bonds is 15. The van der Waals surface area contributed by atoms with Gasteiger partial charge in [-0.15, -0.1) is 39.7 Å². The molecule has 6 aromatic heterocycles. The van der Waals surface area contributed by atoms with Gasteiger partial charge in [0.05, 0.1) is 54.0 Å². The molecule has 2 N–H and O–H groups in total. The largest absolute Gasteiger partial charge is 0.444 e.